The van der Waals surface area contributed by atoms with Gasteiger partial charge in [0.15, 0.2) is 0 Å². The maximum atomic E-state index is 8.74. The first-order chi connectivity index (χ1) is 2.00. The van der Waals surface area contributed by atoms with Crippen LogP contribution in [0.15, 0.2) is 0 Å². The molecule has 0 bridgehead atoms. The number of hydrogen-bond acceptors (Lipinski definition) is 2. The van der Waals surface area contributed by atoms with Gasteiger partial charge in [0.05, 0.1) is 0 Å². The third-order valence-corrected chi connectivity index (χ3v) is 0. The molecule has 0 aromatic carbocycles. The molecule has 0 heterocycles. The Labute approximate surface area is 108 Å². The van der Waals surface area contributed by atoms with Crippen molar-refractivity contribution in [1.82, 2.24) is 0 Å². The molecule has 7 heteroatoms. The maximum Gasteiger partial charge on any atom is 0 e. The molecule has 0 fully saturated rings. The van der Waals surface area contributed by atoms with E-state index in [0.29, 0.717) is 0 Å². The van der Waals surface area contributed by atoms with E-state index in [9.17, 15) is 0 Å². The van der Waals surface area contributed by atoms with E-state index in [-0.39, 0.29) is 82.5 Å². The van der Waals surface area contributed by atoms with Crippen molar-refractivity contribution >= 4 is 61.8 Å². The summed E-state index contributed by atoms with van der Waals surface area (Å²) in [6.07, 6.45) is 0. The molecule has 0 amide bonds. The van der Waals surface area contributed by atoms with Crippen molar-refractivity contribution in [3.63, 3.8) is 0 Å². The normalized spacial score (nSPS) is 8.29. The van der Waals surface area contributed by atoms with Gasteiger partial charge in [0.1, 0.15) is 0 Å². The minimum absolute atomic E-state index is 0. The van der Waals surface area contributed by atoms with Crippen LogP contribution >= 0.6 is 0 Å². The van der Waals surface area contributed by atoms with Crippen LogP contribution in [0.2, 0.25) is 0 Å². The van der Waals surface area contributed by atoms with E-state index in [2.05, 4.69) is 0 Å². The molecule has 0 aliphatic carbocycles. The molecule has 0 rings (SSSR count). The summed E-state index contributed by atoms with van der Waals surface area (Å²) in [5, 5.41) is 0. The van der Waals surface area contributed by atoms with Gasteiger partial charge >= 0.3 is 61.8 Å². The summed E-state index contributed by atoms with van der Waals surface area (Å²) in [6.45, 7) is 0. The minimum Gasteiger partial charge on any atom is 0 e. The second-order valence-corrected chi connectivity index (χ2v) is 1.34. The summed E-state index contributed by atoms with van der Waals surface area (Å²) >= 11 is 0. The molecular formula is H3KO4SU. The third-order valence-electron chi connectivity index (χ3n) is 0. The second kappa shape index (κ2) is 6.68. The topological polar surface area (TPSA) is 74.6 Å². The Kier molecular flexibility index (Phi) is 15.5. The Hall–Kier alpha value is 2.56. The Morgan fingerprint density at radius 1 is 1.14 bits per heavy atom. The SMILES string of the molecule is O=S(=O)(O)O.[KH].[U]. The molecule has 0 spiro atoms. The monoisotopic (exact) mass is 376 g/mol. The molecular weight excluding hydrogens is 373 g/mol. The van der Waals surface area contributed by atoms with Crippen molar-refractivity contribution in [2.24, 2.45) is 0 Å². The Morgan fingerprint density at radius 3 is 1.14 bits per heavy atom. The number of hydrogen-bond donors (Lipinski definition) is 2. The van der Waals surface area contributed by atoms with E-state index in [1.807, 2.05) is 0 Å². The zero-order chi connectivity index (χ0) is 4.50. The van der Waals surface area contributed by atoms with Crippen LogP contribution in [0.5, 0.6) is 0 Å². The van der Waals surface area contributed by atoms with Crippen molar-refractivity contribution in [2.75, 3.05) is 0 Å². The smallest absolute Gasteiger partial charge is 0 e. The first-order valence-electron chi connectivity index (χ1n) is 0.698. The van der Waals surface area contributed by atoms with Gasteiger partial charge in [-0.15, -0.1) is 0 Å². The standard InChI is InChI=1S/K.H2O4S.U.H/c;1-5(2,3)4;;/h;(H2,1,2,3,4);;. The van der Waals surface area contributed by atoms with Gasteiger partial charge in [-0.25, -0.2) is 0 Å². The van der Waals surface area contributed by atoms with Gasteiger partial charge in [0.2, 0.25) is 0 Å². The van der Waals surface area contributed by atoms with Crippen LogP contribution < -0.4 is 0 Å². The van der Waals surface area contributed by atoms with E-state index >= 15 is 0 Å². The minimum atomic E-state index is -4.67. The van der Waals surface area contributed by atoms with Crippen molar-refractivity contribution in [3.05, 3.63) is 0 Å². The van der Waals surface area contributed by atoms with Gasteiger partial charge in [-0.05, 0) is 0 Å². The molecule has 7 heavy (non-hydrogen) atoms. The fraction of sp³-hybridized carbons (Fsp3) is 0. The van der Waals surface area contributed by atoms with Gasteiger partial charge < -0.3 is 0 Å². The van der Waals surface area contributed by atoms with Gasteiger partial charge in [0.25, 0.3) is 0 Å². The molecule has 38 valence electrons. The predicted octanol–water partition coefficient (Wildman–Crippen LogP) is -1.30. The van der Waals surface area contributed by atoms with Crippen LogP contribution in [0.1, 0.15) is 0 Å². The molecule has 0 atom stereocenters. The fourth-order valence-corrected chi connectivity index (χ4v) is 0. The zero-order valence-electron chi connectivity index (χ0n) is 2.62. The molecule has 0 saturated heterocycles. The Balaban J connectivity index is -0.0000000800. The molecule has 0 aliphatic rings. The van der Waals surface area contributed by atoms with Crippen LogP contribution in [0, 0.1) is 31.1 Å². The van der Waals surface area contributed by atoms with Crippen LogP contribution in [0.3, 0.4) is 0 Å². The fourth-order valence-electron chi connectivity index (χ4n) is 0. The van der Waals surface area contributed by atoms with Gasteiger partial charge in [0, 0.05) is 31.1 Å². The Bertz CT molecular complexity index is 94.9. The van der Waals surface area contributed by atoms with E-state index < -0.39 is 10.4 Å². The van der Waals surface area contributed by atoms with E-state index in [0.717, 1.165) is 0 Å². The summed E-state index contributed by atoms with van der Waals surface area (Å²) in [4.78, 5) is 0. The summed E-state index contributed by atoms with van der Waals surface area (Å²) < 4.78 is 31.6. The van der Waals surface area contributed by atoms with Gasteiger partial charge in [-0.2, -0.15) is 8.42 Å². The van der Waals surface area contributed by atoms with Gasteiger partial charge in [-0.1, -0.05) is 0 Å². The molecule has 0 aliphatic heterocycles. The van der Waals surface area contributed by atoms with Crippen LogP contribution in [-0.4, -0.2) is 68.9 Å². The molecule has 0 aromatic rings. The quantitative estimate of drug-likeness (QED) is 0.407. The zero-order valence-corrected chi connectivity index (χ0v) is 7.60. The largest absolute Gasteiger partial charge is 0 e. The average Bonchev–Trinajstić information content (AvgIpc) is 0.722. The maximum absolute atomic E-state index is 8.74. The Morgan fingerprint density at radius 2 is 1.14 bits per heavy atom. The summed E-state index contributed by atoms with van der Waals surface area (Å²) in [5.74, 6) is 0. The summed E-state index contributed by atoms with van der Waals surface area (Å²) in [7, 11) is -4.67. The molecule has 0 radical (unpaired) electrons. The van der Waals surface area contributed by atoms with Crippen LogP contribution in [0.4, 0.5) is 0 Å². The molecule has 0 unspecified atom stereocenters. The average molecular weight is 376 g/mol. The van der Waals surface area contributed by atoms with Gasteiger partial charge in [-0.3, -0.25) is 9.11 Å². The first kappa shape index (κ1) is 16.3. The summed E-state index contributed by atoms with van der Waals surface area (Å²) in [5.41, 5.74) is 0. The first-order valence-corrected chi connectivity index (χ1v) is 2.10. The van der Waals surface area contributed by atoms with Crippen molar-refractivity contribution in [1.29, 1.82) is 0 Å². The van der Waals surface area contributed by atoms with Crippen molar-refractivity contribution in [3.8, 4) is 0 Å². The third kappa shape index (κ3) is 56.2. The second-order valence-electron chi connectivity index (χ2n) is 0.448. The van der Waals surface area contributed by atoms with E-state index in [1.54, 1.807) is 0 Å². The van der Waals surface area contributed by atoms with E-state index in [4.69, 9.17) is 17.5 Å². The van der Waals surface area contributed by atoms with E-state index in [1.165, 1.54) is 0 Å². The molecule has 2 N–H and O–H groups in total. The summed E-state index contributed by atoms with van der Waals surface area (Å²) in [6, 6.07) is 0. The van der Waals surface area contributed by atoms with Crippen LogP contribution in [-0.2, 0) is 10.4 Å². The molecule has 0 saturated carbocycles. The van der Waals surface area contributed by atoms with Crippen molar-refractivity contribution < 1.29 is 48.6 Å². The molecule has 4 nitrogen and oxygen atoms in total. The number of rotatable bonds is 0. The molecule has 0 aromatic heterocycles. The predicted molar refractivity (Wildman–Crippen MR) is 21.3 cm³/mol. The van der Waals surface area contributed by atoms with Crippen molar-refractivity contribution in [2.45, 2.75) is 0 Å². The van der Waals surface area contributed by atoms with Crippen LogP contribution in [0.25, 0.3) is 0 Å².